The number of aromatic nitrogens is 2. The Morgan fingerprint density at radius 2 is 2.07 bits per heavy atom. The van der Waals surface area contributed by atoms with Gasteiger partial charge in [-0.05, 0) is 30.3 Å². The molecule has 1 aliphatic heterocycles. The minimum atomic E-state index is -1.51. The van der Waals surface area contributed by atoms with Crippen LogP contribution < -0.4 is 5.32 Å². The number of hydrogen-bond acceptors (Lipinski definition) is 5. The third-order valence-electron chi connectivity index (χ3n) is 4.05. The number of nitrogens with one attached hydrogen (secondary N) is 2. The molecule has 1 aromatic carbocycles. The maximum atomic E-state index is 13.4. The number of ketones is 1. The van der Waals surface area contributed by atoms with E-state index in [-0.39, 0.29) is 17.3 Å². The van der Waals surface area contributed by atoms with Crippen molar-refractivity contribution in [2.24, 2.45) is 0 Å². The third-order valence-corrected chi connectivity index (χ3v) is 4.05. The molecule has 3 N–H and O–H groups in total. The summed E-state index contributed by atoms with van der Waals surface area (Å²) < 4.78 is 31.8. The quantitative estimate of drug-likeness (QED) is 0.472. The summed E-state index contributed by atoms with van der Waals surface area (Å²) in [5.41, 5.74) is 0.545. The molecule has 0 saturated carbocycles. The van der Waals surface area contributed by atoms with Crippen LogP contribution in [-0.4, -0.2) is 26.8 Å². The number of aromatic amines is 1. The number of Topliss-reactive ketones (excluding diaryl/α,β-unsaturated/α-hetero) is 1. The first-order valence-electron chi connectivity index (χ1n) is 8.00. The van der Waals surface area contributed by atoms with Gasteiger partial charge in [-0.25, -0.2) is 18.6 Å². The fourth-order valence-corrected chi connectivity index (χ4v) is 2.75. The van der Waals surface area contributed by atoms with Crippen molar-refractivity contribution in [1.82, 2.24) is 9.97 Å². The lowest BCUT2D eigenvalue weighted by molar-refractivity contribution is -0.134. The summed E-state index contributed by atoms with van der Waals surface area (Å²) in [4.78, 5) is 31.1. The Labute approximate surface area is 156 Å². The maximum absolute atomic E-state index is 13.4. The molecule has 3 aromatic rings. The molecule has 4 rings (SSSR count). The van der Waals surface area contributed by atoms with Crippen LogP contribution in [0.5, 0.6) is 0 Å². The Hall–Kier alpha value is -4.01. The second-order valence-electron chi connectivity index (χ2n) is 5.85. The van der Waals surface area contributed by atoms with Crippen LogP contribution in [0.25, 0.3) is 17.1 Å². The minimum absolute atomic E-state index is 0.0259. The number of ether oxygens (including phenoxy) is 1. The predicted octanol–water partition coefficient (Wildman–Crippen LogP) is 3.19. The largest absolute Gasteiger partial charge is 0.477 e. The van der Waals surface area contributed by atoms with Crippen LogP contribution >= 0.6 is 0 Å². The highest BCUT2D eigenvalue weighted by atomic mass is 19.2. The van der Waals surface area contributed by atoms with Crippen molar-refractivity contribution in [3.8, 4) is 0 Å². The van der Waals surface area contributed by atoms with Gasteiger partial charge < -0.3 is 20.1 Å². The molecule has 0 aliphatic carbocycles. The first-order chi connectivity index (χ1) is 13.4. The number of halogens is 2. The van der Waals surface area contributed by atoms with E-state index in [2.05, 4.69) is 15.3 Å². The molecule has 0 unspecified atom stereocenters. The maximum Gasteiger partial charge on any atom is 0.345 e. The number of carbonyl (C=O) groups excluding carboxylic acids is 1. The minimum Gasteiger partial charge on any atom is -0.477 e. The van der Waals surface area contributed by atoms with Crippen LogP contribution in [0.15, 0.2) is 59.9 Å². The van der Waals surface area contributed by atoms with Crippen molar-refractivity contribution in [2.75, 3.05) is 5.32 Å². The summed E-state index contributed by atoms with van der Waals surface area (Å²) in [6.45, 7) is 0. The molecular formula is C19H11F2N3O4. The fraction of sp³-hybridized carbons (Fsp3) is 0. The molecule has 2 aromatic heterocycles. The van der Waals surface area contributed by atoms with Gasteiger partial charge in [-0.1, -0.05) is 0 Å². The number of anilines is 1. The monoisotopic (exact) mass is 383 g/mol. The lowest BCUT2D eigenvalue weighted by atomic mass is 10.1. The highest BCUT2D eigenvalue weighted by Crippen LogP contribution is 2.30. The van der Waals surface area contributed by atoms with Crippen LogP contribution in [0, 0.1) is 11.6 Å². The number of fused-ring (bicyclic) bond motifs is 1. The zero-order chi connectivity index (χ0) is 19.8. The molecular weight excluding hydrogens is 372 g/mol. The number of carboxylic acids is 1. The Morgan fingerprint density at radius 3 is 2.82 bits per heavy atom. The van der Waals surface area contributed by atoms with Gasteiger partial charge in [-0.2, -0.15) is 0 Å². The second-order valence-corrected chi connectivity index (χ2v) is 5.85. The van der Waals surface area contributed by atoms with E-state index in [1.54, 1.807) is 24.5 Å². The Morgan fingerprint density at radius 1 is 1.25 bits per heavy atom. The molecule has 0 amide bonds. The van der Waals surface area contributed by atoms with Crippen LogP contribution in [-0.2, 0) is 14.3 Å². The summed E-state index contributed by atoms with van der Waals surface area (Å²) >= 11 is 0. The van der Waals surface area contributed by atoms with Gasteiger partial charge >= 0.3 is 5.97 Å². The molecule has 0 radical (unpaired) electrons. The van der Waals surface area contributed by atoms with E-state index in [4.69, 9.17) is 4.74 Å². The summed E-state index contributed by atoms with van der Waals surface area (Å²) in [5, 5.41) is 12.6. The number of rotatable bonds is 4. The molecule has 7 nitrogen and oxygen atoms in total. The highest BCUT2D eigenvalue weighted by Gasteiger charge is 2.36. The van der Waals surface area contributed by atoms with Crippen molar-refractivity contribution in [3.05, 3.63) is 77.1 Å². The Kier molecular flexibility index (Phi) is 4.11. The van der Waals surface area contributed by atoms with E-state index in [0.717, 1.165) is 12.1 Å². The molecule has 3 heterocycles. The number of allylic oxidation sites excluding steroid dienone is 1. The fourth-order valence-electron chi connectivity index (χ4n) is 2.75. The molecule has 0 fully saturated rings. The number of benzene rings is 1. The van der Waals surface area contributed by atoms with Gasteiger partial charge in [-0.3, -0.25) is 4.79 Å². The van der Waals surface area contributed by atoms with Gasteiger partial charge in [0.05, 0.1) is 0 Å². The highest BCUT2D eigenvalue weighted by molar-refractivity contribution is 6.26. The molecule has 0 bridgehead atoms. The molecule has 0 spiro atoms. The molecule has 28 heavy (non-hydrogen) atoms. The number of aliphatic carboxylic acids is 1. The molecule has 0 atom stereocenters. The lowest BCUT2D eigenvalue weighted by Gasteiger charge is -2.08. The van der Waals surface area contributed by atoms with Gasteiger partial charge in [0.1, 0.15) is 5.65 Å². The average Bonchev–Trinajstić information content (AvgIpc) is 3.20. The van der Waals surface area contributed by atoms with Crippen molar-refractivity contribution in [1.29, 1.82) is 0 Å². The number of nitrogens with zero attached hydrogens (tertiary/aromatic N) is 1. The van der Waals surface area contributed by atoms with Gasteiger partial charge in [0.25, 0.3) is 0 Å². The van der Waals surface area contributed by atoms with Crippen LogP contribution in [0.3, 0.4) is 0 Å². The van der Waals surface area contributed by atoms with E-state index in [0.29, 0.717) is 16.6 Å². The topological polar surface area (TPSA) is 104 Å². The number of hydrogen-bond donors (Lipinski definition) is 3. The summed E-state index contributed by atoms with van der Waals surface area (Å²) in [5.74, 6) is -5.17. The molecule has 9 heteroatoms. The van der Waals surface area contributed by atoms with E-state index >= 15 is 0 Å². The van der Waals surface area contributed by atoms with Crippen molar-refractivity contribution in [3.63, 3.8) is 0 Å². The number of H-pyrrole nitrogens is 1. The second kappa shape index (κ2) is 6.62. The van der Waals surface area contributed by atoms with Crippen molar-refractivity contribution in [2.45, 2.75) is 0 Å². The molecule has 140 valence electrons. The third kappa shape index (κ3) is 2.98. The standard InChI is InChI=1S/C19H11F2N3O4/c20-12-4-3-10(7-13(12)21)24-18-15(19(26)27)16(25)14(28-18)6-9-8-23-17-11(9)2-1-5-22-17/h1-8,24H,(H,22,23)(H,26,27). The zero-order valence-electron chi connectivity index (χ0n) is 14.0. The first-order valence-corrected chi connectivity index (χ1v) is 8.00. The van der Waals surface area contributed by atoms with E-state index < -0.39 is 29.0 Å². The van der Waals surface area contributed by atoms with Gasteiger partial charge in [-0.15, -0.1) is 0 Å². The van der Waals surface area contributed by atoms with Crippen molar-refractivity contribution >= 4 is 34.5 Å². The SMILES string of the molecule is O=C(O)C1=C(Nc2ccc(F)c(F)c2)OC(=Cc2c[nH]c3ncccc23)C1=O. The van der Waals surface area contributed by atoms with Gasteiger partial charge in [0, 0.05) is 35.1 Å². The summed E-state index contributed by atoms with van der Waals surface area (Å²) in [7, 11) is 0. The first kappa shape index (κ1) is 17.4. The molecule has 1 aliphatic rings. The van der Waals surface area contributed by atoms with Gasteiger partial charge in [0.2, 0.25) is 11.7 Å². The normalized spacial score (nSPS) is 15.4. The Bertz CT molecular complexity index is 1200. The average molecular weight is 383 g/mol. The van der Waals surface area contributed by atoms with Crippen LogP contribution in [0.2, 0.25) is 0 Å². The van der Waals surface area contributed by atoms with Crippen LogP contribution in [0.1, 0.15) is 5.56 Å². The predicted molar refractivity (Wildman–Crippen MR) is 94.8 cm³/mol. The Balaban J connectivity index is 1.69. The number of carbonyl (C=O) groups is 2. The lowest BCUT2D eigenvalue weighted by Crippen LogP contribution is -2.12. The summed E-state index contributed by atoms with van der Waals surface area (Å²) in [6.07, 6.45) is 4.58. The van der Waals surface area contributed by atoms with Crippen molar-refractivity contribution < 1.29 is 28.2 Å². The zero-order valence-corrected chi connectivity index (χ0v) is 14.0. The summed E-state index contributed by atoms with van der Waals surface area (Å²) in [6, 6.07) is 6.36. The van der Waals surface area contributed by atoms with Gasteiger partial charge in [0.15, 0.2) is 23.0 Å². The van der Waals surface area contributed by atoms with E-state index in [1.807, 2.05) is 0 Å². The number of carboxylic acid groups (broad SMARTS) is 1. The van der Waals surface area contributed by atoms with E-state index in [9.17, 15) is 23.5 Å². The van der Waals surface area contributed by atoms with E-state index in [1.165, 1.54) is 12.1 Å². The molecule has 0 saturated heterocycles. The van der Waals surface area contributed by atoms with Crippen LogP contribution in [0.4, 0.5) is 14.5 Å². The smallest absolute Gasteiger partial charge is 0.345 e. The number of pyridine rings is 1.